The molecule has 1 aliphatic carbocycles. The molecule has 2 heterocycles. The van der Waals surface area contributed by atoms with Crippen LogP contribution >= 0.6 is 11.3 Å². The van der Waals surface area contributed by atoms with E-state index in [0.29, 0.717) is 0 Å². The zero-order chi connectivity index (χ0) is 15.8. The molecule has 1 atom stereocenters. The highest BCUT2D eigenvalue weighted by Gasteiger charge is 2.28. The molecule has 0 radical (unpaired) electrons. The molecule has 1 amide bonds. The fraction of sp³-hybridized carbons (Fsp3) is 0.353. The first-order chi connectivity index (χ1) is 11.2. The van der Waals surface area contributed by atoms with Gasteiger partial charge in [-0.3, -0.25) is 9.89 Å². The Morgan fingerprint density at radius 3 is 3.26 bits per heavy atom. The number of nitrogens with zero attached hydrogens (tertiary/aromatic N) is 2. The summed E-state index contributed by atoms with van der Waals surface area (Å²) >= 11 is 1.69. The number of fused-ring (bicyclic) bond motifs is 2. The van der Waals surface area contributed by atoms with Gasteiger partial charge in [-0.1, -0.05) is 6.92 Å². The lowest BCUT2D eigenvalue weighted by Crippen LogP contribution is -2.24. The van der Waals surface area contributed by atoms with Gasteiger partial charge in [-0.25, -0.2) is 4.98 Å². The number of nitrogens with one attached hydrogen (secondary N) is 2. The zero-order valence-corrected chi connectivity index (χ0v) is 13.7. The van der Waals surface area contributed by atoms with Crippen molar-refractivity contribution in [2.45, 2.75) is 38.5 Å². The van der Waals surface area contributed by atoms with Crippen LogP contribution in [-0.2, 0) is 17.6 Å². The van der Waals surface area contributed by atoms with Gasteiger partial charge in [-0.15, -0.1) is 11.3 Å². The average molecular weight is 326 g/mol. The molecule has 6 heteroatoms. The van der Waals surface area contributed by atoms with E-state index in [4.69, 9.17) is 0 Å². The van der Waals surface area contributed by atoms with Crippen LogP contribution in [0.1, 0.15) is 41.9 Å². The number of rotatable bonds is 3. The Morgan fingerprint density at radius 1 is 1.48 bits per heavy atom. The van der Waals surface area contributed by atoms with E-state index in [1.54, 1.807) is 17.5 Å². The van der Waals surface area contributed by atoms with E-state index in [9.17, 15) is 4.79 Å². The van der Waals surface area contributed by atoms with Crippen LogP contribution in [-0.4, -0.2) is 21.1 Å². The quantitative estimate of drug-likeness (QED) is 0.772. The molecule has 0 bridgehead atoms. The highest BCUT2D eigenvalue weighted by Crippen LogP contribution is 2.32. The number of thiazole rings is 1. The number of aryl methyl sites for hydroxylation is 2. The molecule has 1 aliphatic rings. The van der Waals surface area contributed by atoms with Crippen LogP contribution < -0.4 is 5.32 Å². The minimum atomic E-state index is -0.110. The van der Waals surface area contributed by atoms with E-state index in [1.807, 2.05) is 18.2 Å². The number of carbonyl (C=O) groups excluding carboxylic acids is 1. The molecule has 5 nitrogen and oxygen atoms in total. The number of anilines is 1. The van der Waals surface area contributed by atoms with Crippen molar-refractivity contribution in [2.75, 3.05) is 5.32 Å². The molecule has 2 N–H and O–H groups in total. The topological polar surface area (TPSA) is 70.7 Å². The van der Waals surface area contributed by atoms with Gasteiger partial charge in [-0.05, 0) is 43.9 Å². The zero-order valence-electron chi connectivity index (χ0n) is 12.9. The minimum Gasteiger partial charge on any atom is -0.326 e. The van der Waals surface area contributed by atoms with Gasteiger partial charge in [0.1, 0.15) is 0 Å². The Labute approximate surface area is 138 Å². The third kappa shape index (κ3) is 2.63. The number of amides is 1. The average Bonchev–Trinajstić information content (AvgIpc) is 3.19. The first kappa shape index (κ1) is 14.4. The van der Waals surface area contributed by atoms with Crippen molar-refractivity contribution in [1.29, 1.82) is 0 Å². The number of carbonyl (C=O) groups is 1. The van der Waals surface area contributed by atoms with Crippen LogP contribution in [0, 0.1) is 0 Å². The van der Waals surface area contributed by atoms with Gasteiger partial charge in [0.15, 0.2) is 0 Å². The predicted octanol–water partition coefficient (Wildman–Crippen LogP) is 3.64. The van der Waals surface area contributed by atoms with Gasteiger partial charge in [0, 0.05) is 16.9 Å². The van der Waals surface area contributed by atoms with Crippen LogP contribution in [0.2, 0.25) is 0 Å². The predicted molar refractivity (Wildman–Crippen MR) is 91.9 cm³/mol. The standard InChI is InChI=1S/C17H18N4OS/c1-2-16-20-14-7-6-10(8-15(14)23-16)19-17(22)11-4-3-5-13-12(11)9-18-21-13/h6-9,11H,2-5H2,1H3,(H,18,21)(H,19,22). The molecule has 4 rings (SSSR count). The summed E-state index contributed by atoms with van der Waals surface area (Å²) in [7, 11) is 0. The highest BCUT2D eigenvalue weighted by molar-refractivity contribution is 7.18. The maximum Gasteiger partial charge on any atom is 0.232 e. The first-order valence-corrected chi connectivity index (χ1v) is 8.78. The summed E-state index contributed by atoms with van der Waals surface area (Å²) in [6.45, 7) is 2.10. The van der Waals surface area contributed by atoms with Crippen LogP contribution in [0.5, 0.6) is 0 Å². The van der Waals surface area contributed by atoms with E-state index in [1.165, 1.54) is 0 Å². The first-order valence-electron chi connectivity index (χ1n) is 7.97. The van der Waals surface area contributed by atoms with Crippen molar-refractivity contribution >= 4 is 33.1 Å². The van der Waals surface area contributed by atoms with Crippen molar-refractivity contribution in [1.82, 2.24) is 15.2 Å². The lowest BCUT2D eigenvalue weighted by Gasteiger charge is -2.21. The second-order valence-corrected chi connectivity index (χ2v) is 7.00. The summed E-state index contributed by atoms with van der Waals surface area (Å²) < 4.78 is 1.12. The van der Waals surface area contributed by atoms with Crippen molar-refractivity contribution in [3.05, 3.63) is 40.7 Å². The fourth-order valence-electron chi connectivity index (χ4n) is 3.16. The fourth-order valence-corrected chi connectivity index (χ4v) is 4.11. The summed E-state index contributed by atoms with van der Waals surface area (Å²) in [5.41, 5.74) is 3.98. The van der Waals surface area contributed by atoms with Gasteiger partial charge in [-0.2, -0.15) is 5.10 Å². The summed E-state index contributed by atoms with van der Waals surface area (Å²) in [6, 6.07) is 5.92. The molecule has 0 saturated carbocycles. The number of aromatic nitrogens is 3. The Hall–Kier alpha value is -2.21. The van der Waals surface area contributed by atoms with Gasteiger partial charge >= 0.3 is 0 Å². The lowest BCUT2D eigenvalue weighted by molar-refractivity contribution is -0.117. The van der Waals surface area contributed by atoms with E-state index in [2.05, 4.69) is 27.4 Å². The molecule has 0 fully saturated rings. The van der Waals surface area contributed by atoms with Crippen molar-refractivity contribution < 1.29 is 4.79 Å². The van der Waals surface area contributed by atoms with Gasteiger partial charge in [0.2, 0.25) is 5.91 Å². The lowest BCUT2D eigenvalue weighted by atomic mass is 9.86. The van der Waals surface area contributed by atoms with E-state index < -0.39 is 0 Å². The molecule has 23 heavy (non-hydrogen) atoms. The monoisotopic (exact) mass is 326 g/mol. The summed E-state index contributed by atoms with van der Waals surface area (Å²) in [5.74, 6) is -0.0622. The largest absolute Gasteiger partial charge is 0.326 e. The number of H-pyrrole nitrogens is 1. The Balaban J connectivity index is 1.57. The normalized spacial score (nSPS) is 17.2. The second-order valence-electron chi connectivity index (χ2n) is 5.88. The second kappa shape index (κ2) is 5.77. The molecular weight excluding hydrogens is 308 g/mol. The SMILES string of the molecule is CCc1nc2ccc(NC(=O)C3CCCc4[nH]ncc43)cc2s1. The minimum absolute atomic E-state index is 0.0481. The van der Waals surface area contributed by atoms with Crippen LogP contribution in [0.4, 0.5) is 5.69 Å². The molecule has 1 aromatic carbocycles. The maximum atomic E-state index is 12.7. The summed E-state index contributed by atoms with van der Waals surface area (Å²) in [5, 5.41) is 11.3. The van der Waals surface area contributed by atoms with E-state index >= 15 is 0 Å². The molecule has 0 saturated heterocycles. The molecule has 3 aromatic rings. The molecule has 1 unspecified atom stereocenters. The molecule has 0 spiro atoms. The van der Waals surface area contributed by atoms with Crippen molar-refractivity contribution in [2.24, 2.45) is 0 Å². The van der Waals surface area contributed by atoms with Crippen molar-refractivity contribution in [3.8, 4) is 0 Å². The maximum absolute atomic E-state index is 12.7. The van der Waals surface area contributed by atoms with Gasteiger partial charge in [0.05, 0.1) is 27.3 Å². The van der Waals surface area contributed by atoms with Gasteiger partial charge in [0.25, 0.3) is 0 Å². The molecular formula is C17H18N4OS. The number of hydrogen-bond donors (Lipinski definition) is 2. The van der Waals surface area contributed by atoms with E-state index in [0.717, 1.165) is 57.9 Å². The third-order valence-electron chi connectivity index (χ3n) is 4.37. The smallest absolute Gasteiger partial charge is 0.232 e. The van der Waals surface area contributed by atoms with Crippen molar-refractivity contribution in [3.63, 3.8) is 0 Å². The summed E-state index contributed by atoms with van der Waals surface area (Å²) in [6.07, 6.45) is 5.60. The number of aromatic amines is 1. The third-order valence-corrected chi connectivity index (χ3v) is 5.53. The summed E-state index contributed by atoms with van der Waals surface area (Å²) in [4.78, 5) is 17.2. The number of benzene rings is 1. The van der Waals surface area contributed by atoms with Gasteiger partial charge < -0.3 is 5.32 Å². The molecule has 2 aromatic heterocycles. The van der Waals surface area contributed by atoms with E-state index in [-0.39, 0.29) is 11.8 Å². The van der Waals surface area contributed by atoms with Crippen LogP contribution in [0.3, 0.4) is 0 Å². The Kier molecular flexibility index (Phi) is 3.61. The molecule has 118 valence electrons. The highest BCUT2D eigenvalue weighted by atomic mass is 32.1. The number of hydrogen-bond acceptors (Lipinski definition) is 4. The van der Waals surface area contributed by atoms with Crippen LogP contribution in [0.15, 0.2) is 24.4 Å². The molecule has 0 aliphatic heterocycles. The van der Waals surface area contributed by atoms with Crippen LogP contribution in [0.25, 0.3) is 10.2 Å². The Morgan fingerprint density at radius 2 is 2.39 bits per heavy atom. The Bertz CT molecular complexity index is 866.